The maximum atomic E-state index is 14.4. The van der Waals surface area contributed by atoms with Gasteiger partial charge in [-0.05, 0) is 49.6 Å². The van der Waals surface area contributed by atoms with Crippen LogP contribution in [0.15, 0.2) is 42.7 Å². The van der Waals surface area contributed by atoms with Crippen LogP contribution in [0.2, 0.25) is 0 Å². The zero-order valence-corrected chi connectivity index (χ0v) is 13.3. The summed E-state index contributed by atoms with van der Waals surface area (Å²) >= 11 is 0. The molecule has 1 saturated heterocycles. The molecule has 0 spiro atoms. The van der Waals surface area contributed by atoms with Gasteiger partial charge in [0.25, 0.3) is 5.91 Å². The van der Waals surface area contributed by atoms with Gasteiger partial charge >= 0.3 is 0 Å². The summed E-state index contributed by atoms with van der Waals surface area (Å²) in [6.45, 7) is 0.567. The van der Waals surface area contributed by atoms with Gasteiger partial charge < -0.3 is 15.2 Å². The molecule has 2 aromatic rings. The topological polar surface area (TPSA) is 68.3 Å². The largest absolute Gasteiger partial charge is 0.370 e. The summed E-state index contributed by atoms with van der Waals surface area (Å²) in [5.41, 5.74) is 5.97. The minimum atomic E-state index is -0.458. The van der Waals surface area contributed by atoms with Crippen molar-refractivity contribution < 1.29 is 14.0 Å². The first-order valence-electron chi connectivity index (χ1n) is 8.08. The fourth-order valence-electron chi connectivity index (χ4n) is 3.22. The molecule has 1 aromatic heterocycles. The van der Waals surface area contributed by atoms with E-state index in [0.717, 1.165) is 19.3 Å². The second-order valence-electron chi connectivity index (χ2n) is 6.08. The zero-order chi connectivity index (χ0) is 17.1. The minimum Gasteiger partial charge on any atom is -0.370 e. The normalized spacial score (nSPS) is 17.7. The van der Waals surface area contributed by atoms with Crippen LogP contribution in [0.4, 0.5) is 4.39 Å². The van der Waals surface area contributed by atoms with Gasteiger partial charge in [0.05, 0.1) is 5.69 Å². The van der Waals surface area contributed by atoms with Crippen LogP contribution in [-0.4, -0.2) is 33.9 Å². The number of carbonyl (C=O) groups excluding carboxylic acids is 2. The second kappa shape index (κ2) is 6.86. The highest BCUT2D eigenvalue weighted by atomic mass is 19.1. The average molecular weight is 329 g/mol. The van der Waals surface area contributed by atoms with Gasteiger partial charge in [-0.25, -0.2) is 4.39 Å². The lowest BCUT2D eigenvalue weighted by Crippen LogP contribution is -2.45. The zero-order valence-electron chi connectivity index (χ0n) is 13.3. The van der Waals surface area contributed by atoms with Crippen molar-refractivity contribution in [3.8, 4) is 5.69 Å². The maximum Gasteiger partial charge on any atom is 0.254 e. The Morgan fingerprint density at radius 3 is 2.62 bits per heavy atom. The van der Waals surface area contributed by atoms with E-state index in [9.17, 15) is 14.0 Å². The van der Waals surface area contributed by atoms with Gasteiger partial charge in [0.1, 0.15) is 5.82 Å². The van der Waals surface area contributed by atoms with Crippen molar-refractivity contribution in [3.05, 3.63) is 54.1 Å². The van der Waals surface area contributed by atoms with Crippen LogP contribution in [0.1, 0.15) is 36.0 Å². The lowest BCUT2D eigenvalue weighted by molar-refractivity contribution is -0.119. The number of primary amides is 1. The Balaban J connectivity index is 1.83. The highest BCUT2D eigenvalue weighted by Gasteiger charge is 2.29. The van der Waals surface area contributed by atoms with E-state index in [1.165, 1.54) is 6.07 Å². The monoisotopic (exact) mass is 329 g/mol. The summed E-state index contributed by atoms with van der Waals surface area (Å²) in [7, 11) is 0. The number of rotatable bonds is 4. The maximum absolute atomic E-state index is 14.4. The van der Waals surface area contributed by atoms with Gasteiger partial charge in [-0.2, -0.15) is 0 Å². The van der Waals surface area contributed by atoms with Crippen LogP contribution in [-0.2, 0) is 4.79 Å². The number of hydrogen-bond donors (Lipinski definition) is 1. The first-order chi connectivity index (χ1) is 11.6. The summed E-state index contributed by atoms with van der Waals surface area (Å²) in [5, 5.41) is 0. The number of benzene rings is 1. The summed E-state index contributed by atoms with van der Waals surface area (Å²) < 4.78 is 16.0. The highest BCUT2D eigenvalue weighted by Crippen LogP contribution is 2.23. The van der Waals surface area contributed by atoms with Crippen LogP contribution in [0.5, 0.6) is 0 Å². The summed E-state index contributed by atoms with van der Waals surface area (Å²) in [4.78, 5) is 25.6. The van der Waals surface area contributed by atoms with Gasteiger partial charge in [0, 0.05) is 37.0 Å². The summed E-state index contributed by atoms with van der Waals surface area (Å²) in [6.07, 6.45) is 6.22. The number of carbonyl (C=O) groups is 2. The molecule has 1 aliphatic rings. The number of likely N-dealkylation sites (tertiary alicyclic amines) is 1. The predicted molar refractivity (Wildman–Crippen MR) is 88.2 cm³/mol. The third-order valence-corrected chi connectivity index (χ3v) is 4.40. The van der Waals surface area contributed by atoms with Crippen molar-refractivity contribution in [1.29, 1.82) is 0 Å². The third kappa shape index (κ3) is 3.32. The number of aromatic nitrogens is 1. The van der Waals surface area contributed by atoms with E-state index in [-0.39, 0.29) is 18.4 Å². The van der Waals surface area contributed by atoms with Crippen molar-refractivity contribution in [2.45, 2.75) is 31.7 Å². The molecule has 1 unspecified atom stereocenters. The lowest BCUT2D eigenvalue weighted by Gasteiger charge is -2.35. The molecule has 3 rings (SSSR count). The Morgan fingerprint density at radius 2 is 1.96 bits per heavy atom. The number of hydrogen-bond acceptors (Lipinski definition) is 2. The first kappa shape index (κ1) is 16.2. The molecule has 1 fully saturated rings. The number of halogens is 1. The van der Waals surface area contributed by atoms with E-state index in [1.807, 2.05) is 0 Å². The highest BCUT2D eigenvalue weighted by molar-refractivity contribution is 5.95. The molecular weight excluding hydrogens is 309 g/mol. The SMILES string of the molecule is NC(=O)CC1CCCCN1C(=O)c1ccc(-n2cccc2)c(F)c1. The molecule has 2 heterocycles. The minimum absolute atomic E-state index is 0.148. The molecule has 5 nitrogen and oxygen atoms in total. The molecule has 0 saturated carbocycles. The van der Waals surface area contributed by atoms with Crippen molar-refractivity contribution >= 4 is 11.8 Å². The molecular formula is C18H20FN3O2. The van der Waals surface area contributed by atoms with Crippen molar-refractivity contribution in [3.63, 3.8) is 0 Å². The van der Waals surface area contributed by atoms with Crippen LogP contribution in [0, 0.1) is 5.82 Å². The molecule has 1 aliphatic heterocycles. The second-order valence-corrected chi connectivity index (χ2v) is 6.08. The molecule has 24 heavy (non-hydrogen) atoms. The van der Waals surface area contributed by atoms with E-state index >= 15 is 0 Å². The van der Waals surface area contributed by atoms with E-state index in [1.54, 1.807) is 46.1 Å². The van der Waals surface area contributed by atoms with Gasteiger partial charge in [-0.15, -0.1) is 0 Å². The van der Waals surface area contributed by atoms with Crippen LogP contribution in [0.25, 0.3) is 5.69 Å². The third-order valence-electron chi connectivity index (χ3n) is 4.40. The molecule has 0 radical (unpaired) electrons. The quantitative estimate of drug-likeness (QED) is 0.936. The lowest BCUT2D eigenvalue weighted by atomic mass is 9.98. The Bertz CT molecular complexity index is 743. The fraction of sp³-hybridized carbons (Fsp3) is 0.333. The van der Waals surface area contributed by atoms with Gasteiger partial charge in [0.2, 0.25) is 5.91 Å². The summed E-state index contributed by atoms with van der Waals surface area (Å²) in [6, 6.07) is 7.89. The molecule has 2 N–H and O–H groups in total. The first-order valence-corrected chi connectivity index (χ1v) is 8.08. The fourth-order valence-corrected chi connectivity index (χ4v) is 3.22. The van der Waals surface area contributed by atoms with Gasteiger partial charge in [-0.3, -0.25) is 9.59 Å². The predicted octanol–water partition coefficient (Wildman–Crippen LogP) is 2.49. The van der Waals surface area contributed by atoms with Gasteiger partial charge in [-0.1, -0.05) is 0 Å². The molecule has 1 aromatic carbocycles. The van der Waals surface area contributed by atoms with E-state index < -0.39 is 11.7 Å². The van der Waals surface area contributed by atoms with Crippen LogP contribution >= 0.6 is 0 Å². The number of piperidine rings is 1. The van der Waals surface area contributed by atoms with E-state index in [4.69, 9.17) is 5.73 Å². The molecule has 2 amide bonds. The molecule has 6 heteroatoms. The number of amides is 2. The molecule has 0 aliphatic carbocycles. The smallest absolute Gasteiger partial charge is 0.254 e. The standard InChI is InChI=1S/C18H20FN3O2/c19-15-11-13(6-7-16(15)21-8-3-4-9-21)18(24)22-10-2-1-5-14(22)12-17(20)23/h3-4,6-9,11,14H,1-2,5,10,12H2,(H2,20,23). The molecule has 126 valence electrons. The Morgan fingerprint density at radius 1 is 1.21 bits per heavy atom. The average Bonchev–Trinajstić information content (AvgIpc) is 3.08. The molecule has 0 bridgehead atoms. The van der Waals surface area contributed by atoms with Crippen LogP contribution in [0.3, 0.4) is 0 Å². The van der Waals surface area contributed by atoms with Crippen molar-refractivity contribution in [2.24, 2.45) is 5.73 Å². The Kier molecular flexibility index (Phi) is 4.64. The van der Waals surface area contributed by atoms with Crippen molar-refractivity contribution in [2.75, 3.05) is 6.54 Å². The van der Waals surface area contributed by atoms with E-state index in [2.05, 4.69) is 0 Å². The van der Waals surface area contributed by atoms with Gasteiger partial charge in [0.15, 0.2) is 0 Å². The van der Waals surface area contributed by atoms with Crippen molar-refractivity contribution in [1.82, 2.24) is 9.47 Å². The Hall–Kier alpha value is -2.63. The Labute approximate surface area is 139 Å². The number of nitrogens with two attached hydrogens (primary N) is 1. The van der Waals surface area contributed by atoms with E-state index in [0.29, 0.717) is 17.8 Å². The molecule has 1 atom stereocenters. The summed E-state index contributed by atoms with van der Waals surface area (Å²) in [5.74, 6) is -1.13. The number of nitrogens with zero attached hydrogens (tertiary/aromatic N) is 2. The van der Waals surface area contributed by atoms with Crippen LogP contribution < -0.4 is 5.73 Å².